The van der Waals surface area contributed by atoms with Crippen LogP contribution in [0.4, 0.5) is 14.9 Å². The molecule has 2 aromatic carbocycles. The van der Waals surface area contributed by atoms with Crippen molar-refractivity contribution in [2.45, 2.75) is 19.8 Å². The van der Waals surface area contributed by atoms with Crippen molar-refractivity contribution in [3.8, 4) is 5.75 Å². The van der Waals surface area contributed by atoms with E-state index >= 15 is 0 Å². The van der Waals surface area contributed by atoms with Crippen molar-refractivity contribution in [3.05, 3.63) is 59.9 Å². The van der Waals surface area contributed by atoms with Crippen molar-refractivity contribution in [2.75, 3.05) is 11.9 Å². The number of rotatable bonds is 6. The number of hydrogen-bond donors (Lipinski definition) is 1. The summed E-state index contributed by atoms with van der Waals surface area (Å²) in [5.41, 5.74) is 0.917. The van der Waals surface area contributed by atoms with Crippen molar-refractivity contribution in [1.82, 2.24) is 0 Å². The smallest absolute Gasteiger partial charge is 0.411 e. The monoisotopic (exact) mass is 331 g/mol. The fourth-order valence-electron chi connectivity index (χ4n) is 2.04. The molecule has 0 bridgehead atoms. The SMILES string of the molecule is CCOC(=O)Nc1cccc(OC(=O)CCc2ccccc2F)c1. The Bertz CT molecular complexity index is 718. The van der Waals surface area contributed by atoms with E-state index in [-0.39, 0.29) is 25.3 Å². The van der Waals surface area contributed by atoms with Crippen molar-refractivity contribution >= 4 is 17.7 Å². The van der Waals surface area contributed by atoms with Crippen LogP contribution in [0.2, 0.25) is 0 Å². The van der Waals surface area contributed by atoms with Crippen molar-refractivity contribution in [3.63, 3.8) is 0 Å². The van der Waals surface area contributed by atoms with Gasteiger partial charge in [0.25, 0.3) is 0 Å². The van der Waals surface area contributed by atoms with E-state index in [1.54, 1.807) is 43.3 Å². The van der Waals surface area contributed by atoms with Crippen LogP contribution in [0, 0.1) is 5.82 Å². The van der Waals surface area contributed by atoms with E-state index in [9.17, 15) is 14.0 Å². The summed E-state index contributed by atoms with van der Waals surface area (Å²) in [7, 11) is 0. The highest BCUT2D eigenvalue weighted by atomic mass is 19.1. The van der Waals surface area contributed by atoms with Crippen LogP contribution in [0.5, 0.6) is 5.75 Å². The molecule has 0 saturated heterocycles. The highest BCUT2D eigenvalue weighted by Crippen LogP contribution is 2.18. The lowest BCUT2D eigenvalue weighted by Crippen LogP contribution is -2.13. The molecule has 0 saturated carbocycles. The molecule has 0 aliphatic heterocycles. The second-order valence-corrected chi connectivity index (χ2v) is 4.94. The first-order valence-corrected chi connectivity index (χ1v) is 7.56. The van der Waals surface area contributed by atoms with Gasteiger partial charge in [0, 0.05) is 11.8 Å². The van der Waals surface area contributed by atoms with E-state index in [1.165, 1.54) is 12.1 Å². The molecule has 0 unspecified atom stereocenters. The number of amides is 1. The summed E-state index contributed by atoms with van der Waals surface area (Å²) in [6, 6.07) is 12.7. The molecular formula is C18H18FNO4. The Hall–Kier alpha value is -2.89. The van der Waals surface area contributed by atoms with Gasteiger partial charge in [0.05, 0.1) is 13.0 Å². The number of aryl methyl sites for hydroxylation is 1. The van der Waals surface area contributed by atoms with Gasteiger partial charge in [-0.1, -0.05) is 24.3 Å². The first-order valence-electron chi connectivity index (χ1n) is 7.56. The van der Waals surface area contributed by atoms with Crippen LogP contribution in [-0.4, -0.2) is 18.7 Å². The normalized spacial score (nSPS) is 10.1. The Morgan fingerprint density at radius 3 is 2.67 bits per heavy atom. The van der Waals surface area contributed by atoms with Crippen molar-refractivity contribution in [2.24, 2.45) is 0 Å². The maximum Gasteiger partial charge on any atom is 0.411 e. The fourth-order valence-corrected chi connectivity index (χ4v) is 2.04. The first kappa shape index (κ1) is 17.5. The molecule has 2 rings (SSSR count). The number of nitrogens with one attached hydrogen (secondary N) is 1. The molecule has 1 N–H and O–H groups in total. The average Bonchev–Trinajstić information content (AvgIpc) is 2.54. The Kier molecular flexibility index (Phi) is 6.31. The van der Waals surface area contributed by atoms with Crippen molar-refractivity contribution in [1.29, 1.82) is 0 Å². The van der Waals surface area contributed by atoms with Gasteiger partial charge in [0.2, 0.25) is 0 Å². The zero-order valence-corrected chi connectivity index (χ0v) is 13.3. The van der Waals surface area contributed by atoms with Crippen LogP contribution in [0.15, 0.2) is 48.5 Å². The summed E-state index contributed by atoms with van der Waals surface area (Å²) in [5, 5.41) is 2.52. The van der Waals surface area contributed by atoms with Gasteiger partial charge in [-0.05, 0) is 37.1 Å². The Labute approximate surface area is 139 Å². The van der Waals surface area contributed by atoms with Gasteiger partial charge in [-0.3, -0.25) is 10.1 Å². The fraction of sp³-hybridized carbons (Fsp3) is 0.222. The number of benzene rings is 2. The highest BCUT2D eigenvalue weighted by molar-refractivity contribution is 5.85. The summed E-state index contributed by atoms with van der Waals surface area (Å²) in [5.74, 6) is -0.527. The Morgan fingerprint density at radius 2 is 1.92 bits per heavy atom. The Balaban J connectivity index is 1.89. The largest absolute Gasteiger partial charge is 0.450 e. The van der Waals surface area contributed by atoms with Crippen LogP contribution in [0.3, 0.4) is 0 Å². The van der Waals surface area contributed by atoms with E-state index in [2.05, 4.69) is 5.32 Å². The molecule has 0 aliphatic carbocycles. The molecule has 1 amide bonds. The summed E-state index contributed by atoms with van der Waals surface area (Å²) in [6.07, 6.45) is -0.275. The maximum atomic E-state index is 13.5. The van der Waals surface area contributed by atoms with Gasteiger partial charge in [-0.15, -0.1) is 0 Å². The lowest BCUT2D eigenvalue weighted by atomic mass is 10.1. The zero-order chi connectivity index (χ0) is 17.4. The molecule has 126 valence electrons. The quantitative estimate of drug-likeness (QED) is 0.643. The van der Waals surface area contributed by atoms with Crippen LogP contribution in [0.25, 0.3) is 0 Å². The molecule has 0 spiro atoms. The molecule has 0 heterocycles. The molecule has 0 atom stereocenters. The summed E-state index contributed by atoms with van der Waals surface area (Å²) < 4.78 is 23.5. The molecule has 6 heteroatoms. The number of anilines is 1. The number of carbonyl (C=O) groups excluding carboxylic acids is 2. The summed E-state index contributed by atoms with van der Waals surface area (Å²) in [4.78, 5) is 23.2. The van der Waals surface area contributed by atoms with E-state index < -0.39 is 12.1 Å². The molecule has 2 aromatic rings. The minimum absolute atomic E-state index is 0.0520. The van der Waals surface area contributed by atoms with E-state index in [1.807, 2.05) is 0 Å². The topological polar surface area (TPSA) is 64.6 Å². The number of hydrogen-bond acceptors (Lipinski definition) is 4. The summed E-state index contributed by atoms with van der Waals surface area (Å²) >= 11 is 0. The minimum atomic E-state index is -0.583. The van der Waals surface area contributed by atoms with Crippen LogP contribution < -0.4 is 10.1 Å². The minimum Gasteiger partial charge on any atom is -0.450 e. The zero-order valence-electron chi connectivity index (χ0n) is 13.3. The number of esters is 1. The number of carbonyl (C=O) groups is 2. The van der Waals surface area contributed by atoms with Crippen LogP contribution in [-0.2, 0) is 16.0 Å². The highest BCUT2D eigenvalue weighted by Gasteiger charge is 2.09. The predicted molar refractivity (Wildman–Crippen MR) is 87.4 cm³/mol. The lowest BCUT2D eigenvalue weighted by molar-refractivity contribution is -0.134. The first-order chi connectivity index (χ1) is 11.6. The number of ether oxygens (including phenoxy) is 2. The van der Waals surface area contributed by atoms with Crippen LogP contribution in [0.1, 0.15) is 18.9 Å². The van der Waals surface area contributed by atoms with Gasteiger partial charge in [0.1, 0.15) is 11.6 Å². The van der Waals surface area contributed by atoms with E-state index in [0.29, 0.717) is 17.0 Å². The third-order valence-electron chi connectivity index (χ3n) is 3.14. The second-order valence-electron chi connectivity index (χ2n) is 4.94. The second kappa shape index (κ2) is 8.67. The van der Waals surface area contributed by atoms with Gasteiger partial charge < -0.3 is 9.47 Å². The Morgan fingerprint density at radius 1 is 1.12 bits per heavy atom. The van der Waals surface area contributed by atoms with E-state index in [0.717, 1.165) is 0 Å². The van der Waals surface area contributed by atoms with Gasteiger partial charge in [-0.25, -0.2) is 9.18 Å². The summed E-state index contributed by atoms with van der Waals surface area (Å²) in [6.45, 7) is 1.96. The third kappa shape index (κ3) is 5.39. The molecule has 5 nitrogen and oxygen atoms in total. The third-order valence-corrected chi connectivity index (χ3v) is 3.14. The molecule has 0 aliphatic rings. The molecule has 0 radical (unpaired) electrons. The van der Waals surface area contributed by atoms with Crippen molar-refractivity contribution < 1.29 is 23.5 Å². The van der Waals surface area contributed by atoms with E-state index in [4.69, 9.17) is 9.47 Å². The molecule has 0 fully saturated rings. The average molecular weight is 331 g/mol. The molecule has 24 heavy (non-hydrogen) atoms. The van der Waals surface area contributed by atoms with Gasteiger partial charge in [-0.2, -0.15) is 0 Å². The molecule has 0 aromatic heterocycles. The molecular weight excluding hydrogens is 313 g/mol. The van der Waals surface area contributed by atoms with Crippen LogP contribution >= 0.6 is 0 Å². The number of halogens is 1. The van der Waals surface area contributed by atoms with Gasteiger partial charge in [0.15, 0.2) is 0 Å². The standard InChI is InChI=1S/C18H18FNO4/c1-2-23-18(22)20-14-7-5-8-15(12-14)24-17(21)11-10-13-6-3-4-9-16(13)19/h3-9,12H,2,10-11H2,1H3,(H,20,22). The maximum absolute atomic E-state index is 13.5. The van der Waals surface area contributed by atoms with Gasteiger partial charge >= 0.3 is 12.1 Å². The predicted octanol–water partition coefficient (Wildman–Crippen LogP) is 3.93. The lowest BCUT2D eigenvalue weighted by Gasteiger charge is -2.08.